The van der Waals surface area contributed by atoms with Crippen LogP contribution in [0.25, 0.3) is 10.9 Å². The molecule has 138 valence electrons. The third kappa shape index (κ3) is 2.91. The van der Waals surface area contributed by atoms with E-state index in [0.717, 1.165) is 16.5 Å². The number of carbonyl (C=O) groups is 2. The molecule has 3 rings (SSSR count). The van der Waals surface area contributed by atoms with Gasteiger partial charge in [0.1, 0.15) is 16.6 Å². The number of anilines is 1. The van der Waals surface area contributed by atoms with Crippen LogP contribution in [-0.2, 0) is 20.9 Å². The van der Waals surface area contributed by atoms with Gasteiger partial charge < -0.3 is 20.1 Å². The molecule has 1 aromatic heterocycles. The average molecular weight is 398 g/mol. The fraction of sp³-hybridized carbons (Fsp3) is 0.353. The van der Waals surface area contributed by atoms with E-state index in [4.69, 9.17) is 38.4 Å². The van der Waals surface area contributed by atoms with Gasteiger partial charge in [0.05, 0.1) is 30.2 Å². The van der Waals surface area contributed by atoms with Gasteiger partial charge in [0.25, 0.3) is 5.91 Å². The second-order valence-electron chi connectivity index (χ2n) is 5.97. The van der Waals surface area contributed by atoms with Gasteiger partial charge in [0.2, 0.25) is 0 Å². The van der Waals surface area contributed by atoms with Gasteiger partial charge >= 0.3 is 5.97 Å². The van der Waals surface area contributed by atoms with Gasteiger partial charge in [0, 0.05) is 17.9 Å². The second kappa shape index (κ2) is 6.81. The number of hydrogen-bond acceptors (Lipinski definition) is 6. The molecule has 2 N–H and O–H groups in total. The average Bonchev–Trinajstić information content (AvgIpc) is 2.95. The lowest BCUT2D eigenvalue weighted by Crippen LogP contribution is -2.32. The predicted octanol–water partition coefficient (Wildman–Crippen LogP) is 3.10. The molecule has 1 atom stereocenters. The van der Waals surface area contributed by atoms with Gasteiger partial charge in [-0.25, -0.2) is 4.98 Å². The Morgan fingerprint density at radius 1 is 1.38 bits per heavy atom. The first-order valence-corrected chi connectivity index (χ1v) is 8.58. The fourth-order valence-corrected chi connectivity index (χ4v) is 3.66. The van der Waals surface area contributed by atoms with Crippen LogP contribution in [0.5, 0.6) is 5.75 Å². The number of benzene rings is 1. The number of aromatic nitrogens is 1. The van der Waals surface area contributed by atoms with Crippen LogP contribution in [0.2, 0.25) is 10.0 Å². The number of ether oxygens (including phenoxy) is 2. The SMILES string of the molecule is COc1cc2c3c(c(N)nc2c(Cl)c1Cl)CN(C(=O)COC(C)=O)[C@H]3C. The smallest absolute Gasteiger partial charge is 0.303 e. The number of fused-ring (bicyclic) bond motifs is 3. The standard InChI is InChI=1S/C17H17Cl2N3O4/c1-7-13-9-4-11(25-3)14(18)15(19)16(9)21-17(20)10(13)5-22(7)12(24)6-26-8(2)23/h4,7H,5-6H2,1-3H3,(H2,20,21)/t7-/m0/s1. The molecule has 1 amide bonds. The Morgan fingerprint density at radius 2 is 2.08 bits per heavy atom. The van der Waals surface area contributed by atoms with Crippen molar-refractivity contribution < 1.29 is 19.1 Å². The molecule has 0 bridgehead atoms. The molecule has 0 radical (unpaired) electrons. The highest BCUT2D eigenvalue weighted by Gasteiger charge is 2.35. The highest BCUT2D eigenvalue weighted by atomic mass is 35.5. The molecular weight excluding hydrogens is 381 g/mol. The number of pyridine rings is 1. The number of rotatable bonds is 3. The minimum Gasteiger partial charge on any atom is -0.495 e. The van der Waals surface area contributed by atoms with Gasteiger partial charge in [-0.3, -0.25) is 9.59 Å². The van der Waals surface area contributed by atoms with Crippen molar-refractivity contribution in [3.8, 4) is 5.75 Å². The number of halogens is 2. The van der Waals surface area contributed by atoms with Crippen LogP contribution < -0.4 is 10.5 Å². The quantitative estimate of drug-likeness (QED) is 0.799. The van der Waals surface area contributed by atoms with Crippen molar-refractivity contribution >= 4 is 51.8 Å². The lowest BCUT2D eigenvalue weighted by molar-refractivity contribution is -0.151. The molecule has 1 aromatic carbocycles. The fourth-order valence-electron chi connectivity index (χ4n) is 3.20. The van der Waals surface area contributed by atoms with E-state index < -0.39 is 5.97 Å². The number of esters is 1. The lowest BCUT2D eigenvalue weighted by Gasteiger charge is -2.22. The Bertz CT molecular complexity index is 932. The molecule has 2 heterocycles. The molecule has 7 nitrogen and oxygen atoms in total. The van der Waals surface area contributed by atoms with Gasteiger partial charge in [-0.1, -0.05) is 23.2 Å². The highest BCUT2D eigenvalue weighted by Crippen LogP contribution is 2.45. The van der Waals surface area contributed by atoms with Gasteiger partial charge in [-0.05, 0) is 18.6 Å². The summed E-state index contributed by atoms with van der Waals surface area (Å²) in [6, 6.07) is 1.44. The van der Waals surface area contributed by atoms with Gasteiger partial charge in [0.15, 0.2) is 6.61 Å². The molecule has 1 aliphatic heterocycles. The predicted molar refractivity (Wildman–Crippen MR) is 98.3 cm³/mol. The van der Waals surface area contributed by atoms with Crippen molar-refractivity contribution in [2.75, 3.05) is 19.5 Å². The van der Waals surface area contributed by atoms with Crippen LogP contribution in [0.15, 0.2) is 6.07 Å². The molecule has 9 heteroatoms. The maximum Gasteiger partial charge on any atom is 0.303 e. The van der Waals surface area contributed by atoms with Crippen molar-refractivity contribution in [3.05, 3.63) is 27.2 Å². The minimum absolute atomic E-state index is 0.243. The van der Waals surface area contributed by atoms with Gasteiger partial charge in [-0.15, -0.1) is 0 Å². The van der Waals surface area contributed by atoms with Crippen molar-refractivity contribution in [2.24, 2.45) is 0 Å². The van der Waals surface area contributed by atoms with E-state index in [1.54, 1.807) is 11.0 Å². The van der Waals surface area contributed by atoms with E-state index in [2.05, 4.69) is 4.98 Å². The van der Waals surface area contributed by atoms with Crippen molar-refractivity contribution in [1.82, 2.24) is 9.88 Å². The monoisotopic (exact) mass is 397 g/mol. The van der Waals surface area contributed by atoms with E-state index >= 15 is 0 Å². The molecule has 26 heavy (non-hydrogen) atoms. The molecule has 1 aliphatic rings. The zero-order valence-corrected chi connectivity index (χ0v) is 15.9. The van der Waals surface area contributed by atoms with E-state index in [1.807, 2.05) is 6.92 Å². The Morgan fingerprint density at radius 3 is 2.69 bits per heavy atom. The summed E-state index contributed by atoms with van der Waals surface area (Å²) in [6.07, 6.45) is 0. The molecular formula is C17H17Cl2N3O4. The lowest BCUT2D eigenvalue weighted by atomic mass is 10.00. The summed E-state index contributed by atoms with van der Waals surface area (Å²) in [5.41, 5.74) is 8.13. The van der Waals surface area contributed by atoms with Crippen LogP contribution in [0.1, 0.15) is 31.0 Å². The summed E-state index contributed by atoms with van der Waals surface area (Å²) >= 11 is 12.6. The number of nitrogens with zero attached hydrogens (tertiary/aromatic N) is 2. The maximum atomic E-state index is 12.4. The third-order valence-corrected chi connectivity index (χ3v) is 5.30. The van der Waals surface area contributed by atoms with Crippen LogP contribution >= 0.6 is 23.2 Å². The summed E-state index contributed by atoms with van der Waals surface area (Å²) in [6.45, 7) is 3.07. The Hall–Kier alpha value is -2.25. The first-order chi connectivity index (χ1) is 12.3. The first kappa shape index (κ1) is 18.5. The van der Waals surface area contributed by atoms with E-state index in [0.29, 0.717) is 11.3 Å². The maximum absolute atomic E-state index is 12.4. The summed E-state index contributed by atoms with van der Waals surface area (Å²) in [5.74, 6) is -0.135. The van der Waals surface area contributed by atoms with Crippen molar-refractivity contribution in [3.63, 3.8) is 0 Å². The number of methoxy groups -OCH3 is 1. The van der Waals surface area contributed by atoms with Crippen molar-refractivity contribution in [1.29, 1.82) is 0 Å². The highest BCUT2D eigenvalue weighted by molar-refractivity contribution is 6.46. The summed E-state index contributed by atoms with van der Waals surface area (Å²) in [4.78, 5) is 29.4. The second-order valence-corrected chi connectivity index (χ2v) is 6.73. The minimum atomic E-state index is -0.513. The molecule has 0 fully saturated rings. The number of carbonyl (C=O) groups excluding carboxylic acids is 2. The van der Waals surface area contributed by atoms with Crippen LogP contribution in [-0.4, -0.2) is 35.5 Å². The third-order valence-electron chi connectivity index (χ3n) is 4.46. The van der Waals surface area contributed by atoms with Crippen LogP contribution in [0.3, 0.4) is 0 Å². The van der Waals surface area contributed by atoms with E-state index in [-0.39, 0.29) is 41.0 Å². The summed E-state index contributed by atoms with van der Waals surface area (Å²) in [5, 5.41) is 1.21. The number of amides is 1. The first-order valence-electron chi connectivity index (χ1n) is 7.83. The Kier molecular flexibility index (Phi) is 4.86. The zero-order chi connectivity index (χ0) is 19.2. The van der Waals surface area contributed by atoms with Crippen LogP contribution in [0.4, 0.5) is 5.82 Å². The molecule has 2 aromatic rings. The van der Waals surface area contributed by atoms with Crippen LogP contribution in [0, 0.1) is 0 Å². The summed E-state index contributed by atoms with van der Waals surface area (Å²) < 4.78 is 10.1. The zero-order valence-electron chi connectivity index (χ0n) is 14.4. The molecule has 0 saturated carbocycles. The van der Waals surface area contributed by atoms with E-state index in [1.165, 1.54) is 14.0 Å². The molecule has 0 unspecified atom stereocenters. The number of nitrogen functional groups attached to an aromatic ring is 1. The largest absolute Gasteiger partial charge is 0.495 e. The summed E-state index contributed by atoms with van der Waals surface area (Å²) in [7, 11) is 1.49. The van der Waals surface area contributed by atoms with E-state index in [9.17, 15) is 9.59 Å². The molecule has 0 spiro atoms. The normalized spacial score (nSPS) is 15.9. The topological polar surface area (TPSA) is 94.8 Å². The molecule has 0 saturated heterocycles. The molecule has 0 aliphatic carbocycles. The number of hydrogen-bond donors (Lipinski definition) is 1. The Labute approximate surface area is 160 Å². The Balaban J connectivity index is 2.11. The van der Waals surface area contributed by atoms with Gasteiger partial charge in [-0.2, -0.15) is 0 Å². The van der Waals surface area contributed by atoms with Crippen molar-refractivity contribution in [2.45, 2.75) is 26.4 Å². The number of nitrogens with two attached hydrogens (primary N) is 1.